The van der Waals surface area contributed by atoms with Gasteiger partial charge in [-0.05, 0) is 32.0 Å². The van der Waals surface area contributed by atoms with Gasteiger partial charge >= 0.3 is 0 Å². The molecule has 1 saturated heterocycles. The van der Waals surface area contributed by atoms with E-state index in [4.69, 9.17) is 14.7 Å². The quantitative estimate of drug-likeness (QED) is 0.775. The number of nitrogens with one attached hydrogen (secondary N) is 2. The van der Waals surface area contributed by atoms with Crippen LogP contribution in [0.2, 0.25) is 0 Å². The second kappa shape index (κ2) is 6.13. The Morgan fingerprint density at radius 3 is 2.58 bits per heavy atom. The molecule has 3 aromatic rings. The second-order valence-corrected chi connectivity index (χ2v) is 6.18. The van der Waals surface area contributed by atoms with Gasteiger partial charge in [-0.25, -0.2) is 0 Å². The van der Waals surface area contributed by atoms with Crippen molar-refractivity contribution in [3.05, 3.63) is 41.6 Å². The molecule has 0 unspecified atom stereocenters. The number of hydrogen-bond donors (Lipinski definition) is 2. The van der Waals surface area contributed by atoms with E-state index in [0.717, 1.165) is 47.3 Å². The number of aryl methyl sites for hydroxylation is 2. The summed E-state index contributed by atoms with van der Waals surface area (Å²) in [4.78, 5) is 15.0. The fraction of sp³-hybridized carbons (Fsp3) is 0.333. The summed E-state index contributed by atoms with van der Waals surface area (Å²) < 4.78 is 5.43. The average molecular weight is 323 g/mol. The summed E-state index contributed by atoms with van der Waals surface area (Å²) in [6, 6.07) is 10.4. The van der Waals surface area contributed by atoms with Crippen molar-refractivity contribution >= 4 is 28.5 Å². The molecule has 24 heavy (non-hydrogen) atoms. The van der Waals surface area contributed by atoms with Crippen LogP contribution >= 0.6 is 0 Å². The minimum atomic E-state index is 0.714. The molecule has 3 heterocycles. The van der Waals surface area contributed by atoms with Crippen LogP contribution in [0.5, 0.6) is 0 Å². The van der Waals surface area contributed by atoms with E-state index in [0.29, 0.717) is 13.2 Å². The highest BCUT2D eigenvalue weighted by Crippen LogP contribution is 2.27. The number of hydrogen-bond acceptors (Lipinski definition) is 5. The van der Waals surface area contributed by atoms with E-state index in [1.807, 2.05) is 6.92 Å². The lowest BCUT2D eigenvalue weighted by atomic mass is 10.2. The van der Waals surface area contributed by atoms with E-state index >= 15 is 0 Å². The summed E-state index contributed by atoms with van der Waals surface area (Å²) in [6.45, 7) is 7.17. The van der Waals surface area contributed by atoms with Gasteiger partial charge in [-0.1, -0.05) is 17.7 Å². The Balaban J connectivity index is 1.75. The van der Waals surface area contributed by atoms with Crippen molar-refractivity contribution in [1.82, 2.24) is 15.0 Å². The van der Waals surface area contributed by atoms with Gasteiger partial charge in [0, 0.05) is 24.5 Å². The molecule has 2 N–H and O–H groups in total. The molecular weight excluding hydrogens is 302 g/mol. The number of rotatable bonds is 3. The van der Waals surface area contributed by atoms with Gasteiger partial charge in [0.2, 0.25) is 5.95 Å². The Morgan fingerprint density at radius 2 is 1.83 bits per heavy atom. The molecule has 1 aliphatic rings. The largest absolute Gasteiger partial charge is 0.378 e. The predicted molar refractivity (Wildman–Crippen MR) is 96.1 cm³/mol. The van der Waals surface area contributed by atoms with Gasteiger partial charge in [0.05, 0.1) is 18.6 Å². The molecule has 0 spiro atoms. The van der Waals surface area contributed by atoms with E-state index in [1.165, 1.54) is 5.56 Å². The van der Waals surface area contributed by atoms with Crippen molar-refractivity contribution in [3.63, 3.8) is 0 Å². The Labute approximate surface area is 140 Å². The Kier molecular flexibility index (Phi) is 3.82. The van der Waals surface area contributed by atoms with Crippen LogP contribution in [-0.4, -0.2) is 41.3 Å². The van der Waals surface area contributed by atoms with Gasteiger partial charge in [0.1, 0.15) is 11.5 Å². The van der Waals surface area contributed by atoms with E-state index < -0.39 is 0 Å². The zero-order valence-corrected chi connectivity index (χ0v) is 14.0. The number of morpholine rings is 1. The van der Waals surface area contributed by atoms with E-state index in [9.17, 15) is 0 Å². The molecule has 4 rings (SSSR count). The lowest BCUT2D eigenvalue weighted by Crippen LogP contribution is -2.37. The van der Waals surface area contributed by atoms with Crippen molar-refractivity contribution in [2.75, 3.05) is 36.5 Å². The first-order valence-electron chi connectivity index (χ1n) is 8.23. The van der Waals surface area contributed by atoms with Crippen LogP contribution in [0.3, 0.4) is 0 Å². The molecule has 6 nitrogen and oxygen atoms in total. The van der Waals surface area contributed by atoms with Crippen LogP contribution in [0.4, 0.5) is 17.5 Å². The summed E-state index contributed by atoms with van der Waals surface area (Å²) >= 11 is 0. The van der Waals surface area contributed by atoms with Crippen LogP contribution in [0.25, 0.3) is 11.0 Å². The first-order chi connectivity index (χ1) is 11.7. The molecule has 1 aliphatic heterocycles. The van der Waals surface area contributed by atoms with Crippen molar-refractivity contribution in [1.29, 1.82) is 0 Å². The van der Waals surface area contributed by atoms with Crippen LogP contribution in [0, 0.1) is 13.8 Å². The Hall–Kier alpha value is -2.60. The number of anilines is 3. The normalized spacial score (nSPS) is 15.0. The maximum Gasteiger partial charge on any atom is 0.229 e. The fourth-order valence-corrected chi connectivity index (χ4v) is 2.90. The second-order valence-electron chi connectivity index (χ2n) is 6.18. The van der Waals surface area contributed by atoms with Gasteiger partial charge in [-0.3, -0.25) is 0 Å². The summed E-state index contributed by atoms with van der Waals surface area (Å²) in [6.07, 6.45) is 0. The number of aromatic nitrogens is 3. The van der Waals surface area contributed by atoms with Crippen LogP contribution in [0.1, 0.15) is 11.3 Å². The van der Waals surface area contributed by atoms with Gasteiger partial charge in [0.15, 0.2) is 0 Å². The topological polar surface area (TPSA) is 66.1 Å². The molecule has 124 valence electrons. The van der Waals surface area contributed by atoms with Crippen molar-refractivity contribution < 1.29 is 4.74 Å². The van der Waals surface area contributed by atoms with Crippen molar-refractivity contribution in [2.45, 2.75) is 13.8 Å². The maximum atomic E-state index is 5.43. The molecule has 1 fully saturated rings. The average Bonchev–Trinajstić information content (AvgIpc) is 2.98. The smallest absolute Gasteiger partial charge is 0.229 e. The molecule has 0 radical (unpaired) electrons. The summed E-state index contributed by atoms with van der Waals surface area (Å²) in [7, 11) is 0. The first-order valence-corrected chi connectivity index (χ1v) is 8.23. The third-order valence-corrected chi connectivity index (χ3v) is 4.22. The fourth-order valence-electron chi connectivity index (χ4n) is 2.90. The lowest BCUT2D eigenvalue weighted by Gasteiger charge is -2.27. The van der Waals surface area contributed by atoms with Crippen LogP contribution in [0.15, 0.2) is 30.3 Å². The number of aromatic amines is 1. The van der Waals surface area contributed by atoms with Gasteiger partial charge < -0.3 is 19.9 Å². The summed E-state index contributed by atoms with van der Waals surface area (Å²) in [5.41, 5.74) is 4.19. The highest BCUT2D eigenvalue weighted by Gasteiger charge is 2.17. The molecule has 1 aromatic carbocycles. The maximum absolute atomic E-state index is 5.43. The van der Waals surface area contributed by atoms with Crippen LogP contribution < -0.4 is 10.2 Å². The van der Waals surface area contributed by atoms with E-state index in [1.54, 1.807) is 0 Å². The molecule has 0 amide bonds. The number of ether oxygens (including phenoxy) is 1. The third kappa shape index (κ3) is 2.92. The zero-order valence-electron chi connectivity index (χ0n) is 14.0. The minimum Gasteiger partial charge on any atom is -0.378 e. The van der Waals surface area contributed by atoms with Gasteiger partial charge in [-0.2, -0.15) is 9.97 Å². The number of nitrogens with zero attached hydrogens (tertiary/aromatic N) is 3. The van der Waals surface area contributed by atoms with E-state index in [2.05, 4.69) is 52.5 Å². The van der Waals surface area contributed by atoms with Gasteiger partial charge in [-0.15, -0.1) is 0 Å². The summed E-state index contributed by atoms with van der Waals surface area (Å²) in [5, 5.41) is 4.44. The Morgan fingerprint density at radius 1 is 1.08 bits per heavy atom. The lowest BCUT2D eigenvalue weighted by molar-refractivity contribution is 0.122. The molecular formula is C18H21N5O. The molecule has 0 atom stereocenters. The van der Waals surface area contributed by atoms with Crippen molar-refractivity contribution in [3.8, 4) is 0 Å². The number of benzene rings is 1. The van der Waals surface area contributed by atoms with Gasteiger partial charge in [0.25, 0.3) is 0 Å². The molecule has 6 heteroatoms. The number of fused-ring (bicyclic) bond motifs is 1. The van der Waals surface area contributed by atoms with Crippen LogP contribution in [-0.2, 0) is 4.74 Å². The summed E-state index contributed by atoms with van der Waals surface area (Å²) in [5.74, 6) is 1.57. The highest BCUT2D eigenvalue weighted by molar-refractivity contribution is 5.90. The Bertz CT molecular complexity index is 850. The third-order valence-electron chi connectivity index (χ3n) is 4.22. The predicted octanol–water partition coefficient (Wildman–Crippen LogP) is 3.15. The molecule has 0 aliphatic carbocycles. The number of H-pyrrole nitrogens is 1. The minimum absolute atomic E-state index is 0.714. The van der Waals surface area contributed by atoms with E-state index in [-0.39, 0.29) is 0 Å². The highest BCUT2D eigenvalue weighted by atomic mass is 16.5. The monoisotopic (exact) mass is 323 g/mol. The molecule has 0 saturated carbocycles. The standard InChI is InChI=1S/C18H21N5O/c1-12-3-5-14(6-4-12)20-17-15-11-13(2)19-16(15)21-18(22-17)23-7-9-24-10-8-23/h3-6,11H,7-10H2,1-2H3,(H2,19,20,21,22). The first kappa shape index (κ1) is 15.0. The molecule has 2 aromatic heterocycles. The van der Waals surface area contributed by atoms with Crippen molar-refractivity contribution in [2.24, 2.45) is 0 Å². The molecule has 0 bridgehead atoms. The SMILES string of the molecule is Cc1ccc(Nc2nc(N3CCOCC3)nc3[nH]c(C)cc23)cc1. The zero-order chi connectivity index (χ0) is 16.5.